The van der Waals surface area contributed by atoms with Crippen molar-refractivity contribution in [2.45, 2.75) is 25.4 Å². The second kappa shape index (κ2) is 5.85. The molecule has 7 nitrogen and oxygen atoms in total. The first-order valence-electron chi connectivity index (χ1n) is 7.27. The smallest absolute Gasteiger partial charge is 0.314 e. The van der Waals surface area contributed by atoms with E-state index in [9.17, 15) is 14.7 Å². The van der Waals surface area contributed by atoms with Crippen molar-refractivity contribution in [3.63, 3.8) is 0 Å². The Balaban J connectivity index is 1.54. The van der Waals surface area contributed by atoms with Crippen LogP contribution < -0.4 is 10.6 Å². The van der Waals surface area contributed by atoms with Gasteiger partial charge in [0.25, 0.3) is 0 Å². The second-order valence-corrected chi connectivity index (χ2v) is 5.81. The molecule has 1 aliphatic rings. The van der Waals surface area contributed by atoms with Gasteiger partial charge in [-0.25, -0.2) is 0 Å². The molecule has 2 aromatic rings. The number of hydrogen-bond donors (Lipinski definition) is 3. The number of amides is 2. The van der Waals surface area contributed by atoms with Crippen molar-refractivity contribution < 1.29 is 19.2 Å². The number of aliphatic hydroxyl groups is 1. The monoisotopic (exact) mass is 315 g/mol. The summed E-state index contributed by atoms with van der Waals surface area (Å²) >= 11 is 0. The van der Waals surface area contributed by atoms with Crippen LogP contribution in [0.1, 0.15) is 16.9 Å². The lowest BCUT2D eigenvalue weighted by Crippen LogP contribution is -2.46. The molecule has 120 valence electrons. The molecule has 1 aliphatic carbocycles. The minimum absolute atomic E-state index is 0.00573. The van der Waals surface area contributed by atoms with E-state index >= 15 is 0 Å². The Bertz CT molecular complexity index is 728. The average Bonchev–Trinajstić information content (AvgIpc) is 3.07. The van der Waals surface area contributed by atoms with Crippen molar-refractivity contribution in [2.75, 3.05) is 11.9 Å². The normalized spacial score (nSPS) is 15.0. The number of carbonyl (C=O) groups excluding carboxylic acids is 2. The molecule has 0 saturated heterocycles. The topological polar surface area (TPSA) is 104 Å². The standard InChI is InChI=1S/C16H17N3O4/c1-10-6-13(19-23-10)18-15(21)14(20)17-9-16(22)7-11-4-2-3-5-12(11)8-16/h2-6,22H,7-9H2,1H3,(H,17,20)(H,18,19,21). The molecular formula is C16H17N3O4. The summed E-state index contributed by atoms with van der Waals surface area (Å²) in [5.74, 6) is -0.971. The van der Waals surface area contributed by atoms with Gasteiger partial charge in [-0.05, 0) is 18.1 Å². The number of nitrogens with one attached hydrogen (secondary N) is 2. The number of benzene rings is 1. The van der Waals surface area contributed by atoms with E-state index in [0.717, 1.165) is 11.1 Å². The van der Waals surface area contributed by atoms with Gasteiger partial charge in [0.05, 0.1) is 5.60 Å². The van der Waals surface area contributed by atoms with E-state index in [1.54, 1.807) is 6.92 Å². The van der Waals surface area contributed by atoms with Crippen LogP contribution in [0.5, 0.6) is 0 Å². The molecular weight excluding hydrogens is 298 g/mol. The van der Waals surface area contributed by atoms with Gasteiger partial charge in [0.15, 0.2) is 5.82 Å². The van der Waals surface area contributed by atoms with Crippen LogP contribution in [-0.4, -0.2) is 34.2 Å². The quantitative estimate of drug-likeness (QED) is 0.718. The molecule has 7 heteroatoms. The summed E-state index contributed by atoms with van der Waals surface area (Å²) < 4.78 is 4.80. The zero-order valence-electron chi connectivity index (χ0n) is 12.6. The molecule has 0 fully saturated rings. The van der Waals surface area contributed by atoms with Crippen LogP contribution in [0.15, 0.2) is 34.9 Å². The number of carbonyl (C=O) groups is 2. The SMILES string of the molecule is Cc1cc(NC(=O)C(=O)NCC2(O)Cc3ccccc3C2)no1. The highest BCUT2D eigenvalue weighted by Gasteiger charge is 2.35. The van der Waals surface area contributed by atoms with E-state index in [-0.39, 0.29) is 12.4 Å². The molecule has 0 radical (unpaired) electrons. The summed E-state index contributed by atoms with van der Waals surface area (Å²) in [5.41, 5.74) is 1.06. The van der Waals surface area contributed by atoms with E-state index in [2.05, 4.69) is 15.8 Å². The molecule has 1 aromatic heterocycles. The van der Waals surface area contributed by atoms with Gasteiger partial charge in [0.2, 0.25) is 0 Å². The van der Waals surface area contributed by atoms with Crippen LogP contribution in [0.25, 0.3) is 0 Å². The van der Waals surface area contributed by atoms with Crippen molar-refractivity contribution in [1.29, 1.82) is 0 Å². The van der Waals surface area contributed by atoms with Crippen molar-refractivity contribution in [3.8, 4) is 0 Å². The molecule has 0 atom stereocenters. The van der Waals surface area contributed by atoms with Gasteiger partial charge in [0.1, 0.15) is 5.76 Å². The first-order chi connectivity index (χ1) is 11.0. The Labute approximate surface area is 132 Å². The van der Waals surface area contributed by atoms with Crippen molar-refractivity contribution >= 4 is 17.6 Å². The molecule has 0 aliphatic heterocycles. The fourth-order valence-corrected chi connectivity index (χ4v) is 2.72. The van der Waals surface area contributed by atoms with E-state index in [0.29, 0.717) is 18.6 Å². The lowest BCUT2D eigenvalue weighted by molar-refractivity contribution is -0.136. The van der Waals surface area contributed by atoms with E-state index in [4.69, 9.17) is 4.52 Å². The van der Waals surface area contributed by atoms with Crippen LogP contribution in [0.3, 0.4) is 0 Å². The maximum Gasteiger partial charge on any atom is 0.314 e. The van der Waals surface area contributed by atoms with E-state index in [1.807, 2.05) is 24.3 Å². The number of rotatable bonds is 3. The number of nitrogens with zero attached hydrogens (tertiary/aromatic N) is 1. The van der Waals surface area contributed by atoms with Gasteiger partial charge in [-0.1, -0.05) is 29.4 Å². The van der Waals surface area contributed by atoms with E-state index < -0.39 is 17.4 Å². The summed E-state index contributed by atoms with van der Waals surface area (Å²) in [6.07, 6.45) is 0.904. The van der Waals surface area contributed by atoms with Crippen LogP contribution in [0, 0.1) is 6.92 Å². The number of fused-ring (bicyclic) bond motifs is 1. The summed E-state index contributed by atoms with van der Waals surface area (Å²) in [7, 11) is 0. The van der Waals surface area contributed by atoms with Crippen LogP contribution in [0.4, 0.5) is 5.82 Å². The highest BCUT2D eigenvalue weighted by molar-refractivity contribution is 6.39. The minimum atomic E-state index is -1.07. The van der Waals surface area contributed by atoms with Crippen molar-refractivity contribution in [2.24, 2.45) is 0 Å². The fraction of sp³-hybridized carbons (Fsp3) is 0.312. The molecule has 23 heavy (non-hydrogen) atoms. The molecule has 2 amide bonds. The molecule has 1 heterocycles. The number of anilines is 1. The first-order valence-corrected chi connectivity index (χ1v) is 7.27. The third kappa shape index (κ3) is 3.40. The van der Waals surface area contributed by atoms with Gasteiger partial charge in [-0.2, -0.15) is 0 Å². The zero-order valence-corrected chi connectivity index (χ0v) is 12.6. The summed E-state index contributed by atoms with van der Waals surface area (Å²) in [6.45, 7) is 1.68. The fourth-order valence-electron chi connectivity index (χ4n) is 2.72. The highest BCUT2D eigenvalue weighted by Crippen LogP contribution is 2.29. The third-order valence-corrected chi connectivity index (χ3v) is 3.81. The zero-order chi connectivity index (χ0) is 16.4. The highest BCUT2D eigenvalue weighted by atomic mass is 16.5. The Kier molecular flexibility index (Phi) is 3.87. The average molecular weight is 315 g/mol. The third-order valence-electron chi connectivity index (χ3n) is 3.81. The van der Waals surface area contributed by atoms with Crippen molar-refractivity contribution in [1.82, 2.24) is 10.5 Å². The first kappa shape index (κ1) is 15.2. The van der Waals surface area contributed by atoms with Crippen LogP contribution in [0.2, 0.25) is 0 Å². The lowest BCUT2D eigenvalue weighted by Gasteiger charge is -2.22. The minimum Gasteiger partial charge on any atom is -0.387 e. The molecule has 0 unspecified atom stereocenters. The maximum absolute atomic E-state index is 11.8. The molecule has 0 bridgehead atoms. The number of aromatic nitrogens is 1. The summed E-state index contributed by atoms with van der Waals surface area (Å²) in [4.78, 5) is 23.6. The van der Waals surface area contributed by atoms with Gasteiger partial charge in [-0.3, -0.25) is 14.9 Å². The summed E-state index contributed by atoms with van der Waals surface area (Å²) in [6, 6.07) is 9.24. The van der Waals surface area contributed by atoms with Gasteiger partial charge in [-0.15, -0.1) is 0 Å². The largest absolute Gasteiger partial charge is 0.387 e. The Morgan fingerprint density at radius 2 is 1.91 bits per heavy atom. The van der Waals surface area contributed by atoms with Crippen molar-refractivity contribution in [3.05, 3.63) is 47.2 Å². The maximum atomic E-state index is 11.8. The van der Waals surface area contributed by atoms with Gasteiger partial charge >= 0.3 is 11.8 Å². The predicted molar refractivity (Wildman–Crippen MR) is 81.7 cm³/mol. The molecule has 0 saturated carbocycles. The summed E-state index contributed by atoms with van der Waals surface area (Å²) in [5, 5.41) is 18.9. The predicted octanol–water partition coefficient (Wildman–Crippen LogP) is 0.568. The molecule has 1 aromatic carbocycles. The molecule has 3 N–H and O–H groups in total. The number of hydrogen-bond acceptors (Lipinski definition) is 5. The lowest BCUT2D eigenvalue weighted by atomic mass is 10.0. The Morgan fingerprint density at radius 1 is 1.26 bits per heavy atom. The Hall–Kier alpha value is -2.67. The van der Waals surface area contributed by atoms with Gasteiger partial charge < -0.3 is 14.9 Å². The van der Waals surface area contributed by atoms with Crippen LogP contribution in [-0.2, 0) is 22.4 Å². The van der Waals surface area contributed by atoms with Crippen LogP contribution >= 0.6 is 0 Å². The Morgan fingerprint density at radius 3 is 2.48 bits per heavy atom. The van der Waals surface area contributed by atoms with Gasteiger partial charge in [0, 0.05) is 25.5 Å². The molecule has 0 spiro atoms. The van der Waals surface area contributed by atoms with E-state index in [1.165, 1.54) is 6.07 Å². The number of aryl methyl sites for hydroxylation is 1. The second-order valence-electron chi connectivity index (χ2n) is 5.81. The molecule has 3 rings (SSSR count).